The van der Waals surface area contributed by atoms with Crippen LogP contribution in [0.2, 0.25) is 0 Å². The van der Waals surface area contributed by atoms with E-state index in [4.69, 9.17) is 0 Å². The molecule has 0 fully saturated rings. The number of aromatic nitrogens is 3. The average molecular weight is 234 g/mol. The van der Waals surface area contributed by atoms with Gasteiger partial charge in [-0.15, -0.1) is 11.3 Å². The van der Waals surface area contributed by atoms with Gasteiger partial charge < -0.3 is 5.32 Å². The second-order valence-corrected chi connectivity index (χ2v) is 5.09. The molecule has 1 N–H and O–H groups in total. The van der Waals surface area contributed by atoms with Gasteiger partial charge in [-0.25, -0.2) is 9.67 Å². The highest BCUT2D eigenvalue weighted by atomic mass is 32.1. The van der Waals surface area contributed by atoms with Crippen LogP contribution >= 0.6 is 11.3 Å². The van der Waals surface area contributed by atoms with E-state index >= 15 is 0 Å². The van der Waals surface area contributed by atoms with Crippen molar-refractivity contribution in [2.24, 2.45) is 0 Å². The molecule has 0 aliphatic carbocycles. The normalized spacial score (nSPS) is 19.6. The van der Waals surface area contributed by atoms with Gasteiger partial charge in [-0.05, 0) is 17.9 Å². The Kier molecular flexibility index (Phi) is 2.71. The van der Waals surface area contributed by atoms with Crippen LogP contribution in [-0.4, -0.2) is 20.8 Å². The lowest BCUT2D eigenvalue weighted by Crippen LogP contribution is -2.37. The first kappa shape index (κ1) is 9.99. The van der Waals surface area contributed by atoms with E-state index in [1.807, 2.05) is 4.68 Å². The molecule has 0 amide bonds. The number of hydrogen-bond donors (Lipinski definition) is 1. The van der Waals surface area contributed by atoms with Crippen molar-refractivity contribution in [2.75, 3.05) is 0 Å². The molecule has 1 aliphatic heterocycles. The summed E-state index contributed by atoms with van der Waals surface area (Å²) in [6, 6.07) is 4.79. The van der Waals surface area contributed by atoms with E-state index in [2.05, 4.69) is 32.9 Å². The Balaban J connectivity index is 1.58. The van der Waals surface area contributed by atoms with Gasteiger partial charge in [0.15, 0.2) is 0 Å². The molecule has 0 radical (unpaired) electrons. The number of hydrogen-bond acceptors (Lipinski definition) is 4. The van der Waals surface area contributed by atoms with Gasteiger partial charge in [0.05, 0.1) is 6.54 Å². The van der Waals surface area contributed by atoms with E-state index in [0.29, 0.717) is 6.04 Å². The molecule has 0 saturated carbocycles. The molecule has 0 unspecified atom stereocenters. The molecule has 0 bridgehead atoms. The number of aryl methyl sites for hydroxylation is 1. The van der Waals surface area contributed by atoms with Gasteiger partial charge in [0.25, 0.3) is 0 Å². The van der Waals surface area contributed by atoms with E-state index in [-0.39, 0.29) is 0 Å². The zero-order valence-corrected chi connectivity index (χ0v) is 9.78. The summed E-state index contributed by atoms with van der Waals surface area (Å²) in [4.78, 5) is 5.62. The molecule has 84 valence electrons. The summed E-state index contributed by atoms with van der Waals surface area (Å²) in [6.07, 6.45) is 3.84. The fourth-order valence-electron chi connectivity index (χ4n) is 2.06. The van der Waals surface area contributed by atoms with E-state index in [9.17, 15) is 0 Å². The van der Waals surface area contributed by atoms with Gasteiger partial charge in [-0.2, -0.15) is 5.10 Å². The molecule has 2 aromatic rings. The number of nitrogens with zero attached hydrogens (tertiary/aromatic N) is 3. The van der Waals surface area contributed by atoms with Crippen LogP contribution < -0.4 is 5.32 Å². The van der Waals surface area contributed by atoms with Crippen molar-refractivity contribution in [2.45, 2.75) is 32.0 Å². The predicted molar refractivity (Wildman–Crippen MR) is 63.3 cm³/mol. The third-order valence-corrected chi connectivity index (χ3v) is 3.83. The summed E-state index contributed by atoms with van der Waals surface area (Å²) in [5, 5.41) is 9.92. The molecule has 4 nitrogen and oxygen atoms in total. The molecule has 3 heterocycles. The van der Waals surface area contributed by atoms with E-state index in [1.165, 1.54) is 4.88 Å². The fourth-order valence-corrected chi connectivity index (χ4v) is 2.72. The van der Waals surface area contributed by atoms with Crippen LogP contribution in [0.3, 0.4) is 0 Å². The monoisotopic (exact) mass is 234 g/mol. The molecular weight excluding hydrogens is 220 g/mol. The number of rotatable bonds is 3. The van der Waals surface area contributed by atoms with Gasteiger partial charge in [-0.1, -0.05) is 6.07 Å². The molecule has 1 atom stereocenters. The van der Waals surface area contributed by atoms with Crippen LogP contribution in [0.5, 0.6) is 0 Å². The molecule has 0 aromatic carbocycles. The lowest BCUT2D eigenvalue weighted by molar-refractivity contribution is 0.359. The zero-order chi connectivity index (χ0) is 10.8. The number of nitrogens with one attached hydrogen (secondary N) is 1. The van der Waals surface area contributed by atoms with Crippen LogP contribution in [0.4, 0.5) is 0 Å². The quantitative estimate of drug-likeness (QED) is 0.874. The highest BCUT2D eigenvalue weighted by Gasteiger charge is 2.18. The average Bonchev–Trinajstić information content (AvgIpc) is 2.97. The first-order chi connectivity index (χ1) is 7.92. The van der Waals surface area contributed by atoms with Gasteiger partial charge in [-0.3, -0.25) is 0 Å². The van der Waals surface area contributed by atoms with Crippen LogP contribution in [0.1, 0.15) is 17.1 Å². The van der Waals surface area contributed by atoms with Crippen LogP contribution in [0.15, 0.2) is 23.8 Å². The van der Waals surface area contributed by atoms with Crippen molar-refractivity contribution in [3.8, 4) is 0 Å². The minimum atomic E-state index is 0.524. The molecule has 0 saturated heterocycles. The van der Waals surface area contributed by atoms with Crippen LogP contribution in [0.25, 0.3) is 0 Å². The van der Waals surface area contributed by atoms with Crippen LogP contribution in [0, 0.1) is 0 Å². The second kappa shape index (κ2) is 4.35. The van der Waals surface area contributed by atoms with Gasteiger partial charge in [0, 0.05) is 23.9 Å². The minimum absolute atomic E-state index is 0.524. The number of thiophene rings is 1. The first-order valence-corrected chi connectivity index (χ1v) is 6.42. The second-order valence-electron chi connectivity index (χ2n) is 4.05. The Bertz CT molecular complexity index is 448. The molecular formula is C11H14N4S. The zero-order valence-electron chi connectivity index (χ0n) is 8.97. The summed E-state index contributed by atoms with van der Waals surface area (Å²) in [5.74, 6) is 1.12. The lowest BCUT2D eigenvalue weighted by Gasteiger charge is -2.23. The third kappa shape index (κ3) is 2.01. The van der Waals surface area contributed by atoms with Crippen molar-refractivity contribution >= 4 is 11.3 Å². The van der Waals surface area contributed by atoms with E-state index in [0.717, 1.165) is 31.8 Å². The highest BCUT2D eigenvalue weighted by molar-refractivity contribution is 7.09. The van der Waals surface area contributed by atoms with Gasteiger partial charge in [0.1, 0.15) is 12.2 Å². The molecule has 16 heavy (non-hydrogen) atoms. The Hall–Kier alpha value is -1.20. The van der Waals surface area contributed by atoms with E-state index < -0.39 is 0 Å². The molecule has 3 rings (SSSR count). The Morgan fingerprint density at radius 2 is 2.56 bits per heavy atom. The fraction of sp³-hybridized carbons (Fsp3) is 0.455. The summed E-state index contributed by atoms with van der Waals surface area (Å²) in [7, 11) is 0. The standard InChI is InChI=1S/C11H14N4S/c1-2-10(16-5-1)6-12-9-3-4-11-13-8-14-15(11)7-9/h1-2,5,8-9,12H,3-4,6-7H2/t9-/m1/s1. The van der Waals surface area contributed by atoms with Crippen molar-refractivity contribution in [1.29, 1.82) is 0 Å². The highest BCUT2D eigenvalue weighted by Crippen LogP contribution is 2.13. The maximum Gasteiger partial charge on any atom is 0.138 e. The maximum atomic E-state index is 4.23. The van der Waals surface area contributed by atoms with Crippen molar-refractivity contribution in [1.82, 2.24) is 20.1 Å². The number of fused-ring (bicyclic) bond motifs is 1. The summed E-state index contributed by atoms with van der Waals surface area (Å²) >= 11 is 1.80. The topological polar surface area (TPSA) is 42.7 Å². The van der Waals surface area contributed by atoms with Gasteiger partial charge >= 0.3 is 0 Å². The molecule has 2 aromatic heterocycles. The van der Waals surface area contributed by atoms with Crippen LogP contribution in [-0.2, 0) is 19.5 Å². The third-order valence-electron chi connectivity index (χ3n) is 2.95. The van der Waals surface area contributed by atoms with E-state index in [1.54, 1.807) is 17.7 Å². The first-order valence-electron chi connectivity index (χ1n) is 5.54. The largest absolute Gasteiger partial charge is 0.307 e. The summed E-state index contributed by atoms with van der Waals surface area (Å²) in [5.41, 5.74) is 0. The smallest absolute Gasteiger partial charge is 0.138 e. The summed E-state index contributed by atoms with van der Waals surface area (Å²) in [6.45, 7) is 1.91. The Morgan fingerprint density at radius 3 is 3.44 bits per heavy atom. The minimum Gasteiger partial charge on any atom is -0.307 e. The van der Waals surface area contributed by atoms with Gasteiger partial charge in [0.2, 0.25) is 0 Å². The lowest BCUT2D eigenvalue weighted by atomic mass is 10.1. The molecule has 0 spiro atoms. The van der Waals surface area contributed by atoms with Crippen molar-refractivity contribution < 1.29 is 0 Å². The molecule has 1 aliphatic rings. The summed E-state index contributed by atoms with van der Waals surface area (Å²) < 4.78 is 2.01. The Morgan fingerprint density at radius 1 is 1.56 bits per heavy atom. The van der Waals surface area contributed by atoms with Crippen molar-refractivity contribution in [3.63, 3.8) is 0 Å². The SMILES string of the molecule is c1csc(CN[C@@H]2CCc3ncnn3C2)c1. The van der Waals surface area contributed by atoms with Crippen molar-refractivity contribution in [3.05, 3.63) is 34.5 Å². The molecule has 5 heteroatoms. The maximum absolute atomic E-state index is 4.23. The predicted octanol–water partition coefficient (Wildman–Crippen LogP) is 1.44. The Labute approximate surface area is 98.3 Å².